The largest absolute Gasteiger partial charge is 0.480 e. The van der Waals surface area contributed by atoms with E-state index in [1.165, 1.54) is 12.5 Å². The van der Waals surface area contributed by atoms with E-state index in [-0.39, 0.29) is 24.9 Å². The highest BCUT2D eigenvalue weighted by atomic mass is 16.4. The Kier molecular flexibility index (Phi) is 5.31. The normalized spacial score (nSPS) is 12.4. The Morgan fingerprint density at radius 1 is 1.50 bits per heavy atom. The second kappa shape index (κ2) is 6.75. The van der Waals surface area contributed by atoms with Crippen LogP contribution in [0.1, 0.15) is 19.5 Å². The molecule has 0 fully saturated rings. The first kappa shape index (κ1) is 14.2. The number of imidazole rings is 1. The summed E-state index contributed by atoms with van der Waals surface area (Å²) in [5.74, 6) is -1.40. The molecule has 7 nitrogen and oxygen atoms in total. The minimum Gasteiger partial charge on any atom is -0.480 e. The van der Waals surface area contributed by atoms with Gasteiger partial charge in [0, 0.05) is 24.4 Å². The number of carboxylic acids is 1. The Morgan fingerprint density at radius 3 is 2.72 bits per heavy atom. The van der Waals surface area contributed by atoms with Crippen LogP contribution in [0.3, 0.4) is 0 Å². The van der Waals surface area contributed by atoms with Crippen LogP contribution in [0.5, 0.6) is 0 Å². The number of rotatable bonds is 7. The quantitative estimate of drug-likeness (QED) is 0.525. The van der Waals surface area contributed by atoms with Gasteiger partial charge in [0.25, 0.3) is 0 Å². The van der Waals surface area contributed by atoms with E-state index in [0.717, 1.165) is 0 Å². The minimum absolute atomic E-state index is 0.102. The topological polar surface area (TPSA) is 107 Å². The van der Waals surface area contributed by atoms with Crippen molar-refractivity contribution in [2.24, 2.45) is 0 Å². The Hall–Kier alpha value is -1.89. The van der Waals surface area contributed by atoms with Gasteiger partial charge in [0.1, 0.15) is 6.04 Å². The average Bonchev–Trinajstić information content (AvgIpc) is 2.78. The second-order valence-corrected chi connectivity index (χ2v) is 4.27. The lowest BCUT2D eigenvalue weighted by Crippen LogP contribution is -2.46. The van der Waals surface area contributed by atoms with Crippen molar-refractivity contribution in [3.63, 3.8) is 0 Å². The lowest BCUT2D eigenvalue weighted by Gasteiger charge is -2.14. The van der Waals surface area contributed by atoms with Gasteiger partial charge in [-0.15, -0.1) is 0 Å². The number of hydrogen-bond donors (Lipinski definition) is 4. The van der Waals surface area contributed by atoms with Crippen molar-refractivity contribution >= 4 is 11.9 Å². The van der Waals surface area contributed by atoms with Crippen LogP contribution in [-0.2, 0) is 16.0 Å². The van der Waals surface area contributed by atoms with Gasteiger partial charge in [0.05, 0.1) is 12.9 Å². The number of amides is 1. The van der Waals surface area contributed by atoms with Crippen LogP contribution in [0.25, 0.3) is 0 Å². The summed E-state index contributed by atoms with van der Waals surface area (Å²) >= 11 is 0. The molecule has 0 spiro atoms. The molecule has 0 saturated heterocycles. The van der Waals surface area contributed by atoms with Crippen molar-refractivity contribution in [1.29, 1.82) is 0 Å². The molecule has 0 bridgehead atoms. The number of aliphatic carboxylic acids is 1. The van der Waals surface area contributed by atoms with Crippen LogP contribution >= 0.6 is 0 Å². The van der Waals surface area contributed by atoms with Crippen LogP contribution in [0.2, 0.25) is 0 Å². The van der Waals surface area contributed by atoms with Gasteiger partial charge in [-0.2, -0.15) is 0 Å². The molecule has 1 amide bonds. The van der Waals surface area contributed by atoms with Gasteiger partial charge >= 0.3 is 5.97 Å². The van der Waals surface area contributed by atoms with Crippen molar-refractivity contribution in [2.45, 2.75) is 32.4 Å². The molecule has 1 aromatic rings. The van der Waals surface area contributed by atoms with Crippen molar-refractivity contribution in [2.75, 3.05) is 6.54 Å². The van der Waals surface area contributed by atoms with E-state index in [2.05, 4.69) is 20.6 Å². The summed E-state index contributed by atoms with van der Waals surface area (Å²) in [4.78, 5) is 29.2. The van der Waals surface area contributed by atoms with Gasteiger partial charge in [-0.1, -0.05) is 13.8 Å². The molecule has 0 radical (unpaired) electrons. The van der Waals surface area contributed by atoms with Crippen LogP contribution in [0, 0.1) is 0 Å². The lowest BCUT2D eigenvalue weighted by atomic mass is 10.1. The van der Waals surface area contributed by atoms with Crippen LogP contribution in [0.4, 0.5) is 0 Å². The molecule has 1 atom stereocenters. The van der Waals surface area contributed by atoms with Crippen LogP contribution in [-0.4, -0.2) is 45.6 Å². The third-order valence-electron chi connectivity index (χ3n) is 2.28. The summed E-state index contributed by atoms with van der Waals surface area (Å²) in [6.07, 6.45) is 3.19. The minimum atomic E-state index is -1.07. The van der Waals surface area contributed by atoms with Gasteiger partial charge in [-0.05, 0) is 0 Å². The second-order valence-electron chi connectivity index (χ2n) is 4.27. The first-order valence-corrected chi connectivity index (χ1v) is 5.72. The molecule has 0 aliphatic rings. The molecule has 100 valence electrons. The molecule has 7 heteroatoms. The Bertz CT molecular complexity index is 389. The summed E-state index contributed by atoms with van der Waals surface area (Å²) in [6.45, 7) is 3.92. The highest BCUT2D eigenvalue weighted by molar-refractivity contribution is 5.84. The summed E-state index contributed by atoms with van der Waals surface area (Å²) in [5, 5.41) is 14.4. The number of nitrogens with one attached hydrogen (secondary N) is 3. The van der Waals surface area contributed by atoms with Crippen molar-refractivity contribution in [1.82, 2.24) is 20.6 Å². The molecular weight excluding hydrogens is 236 g/mol. The van der Waals surface area contributed by atoms with E-state index in [1.807, 2.05) is 13.8 Å². The molecule has 1 heterocycles. The number of hydrogen-bond acceptors (Lipinski definition) is 4. The third kappa shape index (κ3) is 4.96. The smallest absolute Gasteiger partial charge is 0.326 e. The summed E-state index contributed by atoms with van der Waals surface area (Å²) in [5.41, 5.74) is 0.666. The third-order valence-corrected chi connectivity index (χ3v) is 2.28. The van der Waals surface area contributed by atoms with E-state index < -0.39 is 12.0 Å². The molecule has 1 aromatic heterocycles. The molecule has 0 aliphatic heterocycles. The van der Waals surface area contributed by atoms with Gasteiger partial charge < -0.3 is 20.7 Å². The number of carbonyl (C=O) groups is 2. The molecule has 18 heavy (non-hydrogen) atoms. The molecule has 0 saturated carbocycles. The SMILES string of the molecule is CC(C)NCC(=O)N[C@@H](Cc1cnc[nH]1)C(=O)O. The maximum Gasteiger partial charge on any atom is 0.326 e. The summed E-state index contributed by atoms with van der Waals surface area (Å²) < 4.78 is 0. The standard InChI is InChI=1S/C11H18N4O3/c1-7(2)13-5-10(16)15-9(11(17)18)3-8-4-12-6-14-8/h4,6-7,9,13H,3,5H2,1-2H3,(H,12,14)(H,15,16)(H,17,18)/t9-/m0/s1. The highest BCUT2D eigenvalue weighted by Crippen LogP contribution is 1.98. The zero-order valence-corrected chi connectivity index (χ0v) is 10.4. The zero-order chi connectivity index (χ0) is 13.5. The van der Waals surface area contributed by atoms with E-state index >= 15 is 0 Å². The Morgan fingerprint density at radius 2 is 2.22 bits per heavy atom. The van der Waals surface area contributed by atoms with E-state index in [0.29, 0.717) is 5.69 Å². The number of nitrogens with zero attached hydrogens (tertiary/aromatic N) is 1. The lowest BCUT2D eigenvalue weighted by molar-refractivity contribution is -0.141. The number of carboxylic acid groups (broad SMARTS) is 1. The molecule has 0 aliphatic carbocycles. The van der Waals surface area contributed by atoms with E-state index in [1.54, 1.807) is 0 Å². The van der Waals surface area contributed by atoms with Crippen molar-refractivity contribution < 1.29 is 14.7 Å². The molecular formula is C11H18N4O3. The first-order chi connectivity index (χ1) is 8.49. The summed E-state index contributed by atoms with van der Waals surface area (Å²) in [6, 6.07) is -0.779. The van der Waals surface area contributed by atoms with Gasteiger partial charge in [-0.3, -0.25) is 4.79 Å². The maximum absolute atomic E-state index is 11.5. The van der Waals surface area contributed by atoms with Crippen molar-refractivity contribution in [3.8, 4) is 0 Å². The number of carbonyl (C=O) groups excluding carboxylic acids is 1. The van der Waals surface area contributed by atoms with Gasteiger partial charge in [0.2, 0.25) is 5.91 Å². The van der Waals surface area contributed by atoms with Gasteiger partial charge in [0.15, 0.2) is 0 Å². The highest BCUT2D eigenvalue weighted by Gasteiger charge is 2.20. The maximum atomic E-state index is 11.5. The van der Waals surface area contributed by atoms with E-state index in [4.69, 9.17) is 5.11 Å². The van der Waals surface area contributed by atoms with Gasteiger partial charge in [-0.25, -0.2) is 9.78 Å². The fourth-order valence-electron chi connectivity index (χ4n) is 1.36. The van der Waals surface area contributed by atoms with E-state index in [9.17, 15) is 9.59 Å². The molecule has 4 N–H and O–H groups in total. The monoisotopic (exact) mass is 254 g/mol. The Labute approximate surface area is 105 Å². The fraction of sp³-hybridized carbons (Fsp3) is 0.545. The molecule has 0 unspecified atom stereocenters. The first-order valence-electron chi connectivity index (χ1n) is 5.72. The fourth-order valence-corrected chi connectivity index (χ4v) is 1.36. The Balaban J connectivity index is 2.48. The summed E-state index contributed by atoms with van der Waals surface area (Å²) in [7, 11) is 0. The van der Waals surface area contributed by atoms with Crippen LogP contribution < -0.4 is 10.6 Å². The van der Waals surface area contributed by atoms with Crippen LogP contribution in [0.15, 0.2) is 12.5 Å². The number of aromatic nitrogens is 2. The average molecular weight is 254 g/mol. The number of H-pyrrole nitrogens is 1. The molecule has 0 aromatic carbocycles. The number of aromatic amines is 1. The van der Waals surface area contributed by atoms with Crippen molar-refractivity contribution in [3.05, 3.63) is 18.2 Å². The zero-order valence-electron chi connectivity index (χ0n) is 10.4. The predicted molar refractivity (Wildman–Crippen MR) is 65.0 cm³/mol. The molecule has 1 rings (SSSR count). The predicted octanol–water partition coefficient (Wildman–Crippen LogP) is -0.480.